The van der Waals surface area contributed by atoms with Crippen molar-refractivity contribution in [1.29, 1.82) is 0 Å². The summed E-state index contributed by atoms with van der Waals surface area (Å²) < 4.78 is 1.76. The Balaban J connectivity index is 1.74. The molecule has 0 saturated carbocycles. The van der Waals surface area contributed by atoms with E-state index < -0.39 is 0 Å². The van der Waals surface area contributed by atoms with Crippen LogP contribution in [0.5, 0.6) is 0 Å². The van der Waals surface area contributed by atoms with Crippen molar-refractivity contribution in [3.8, 4) is 0 Å². The molecule has 156 valence electrons. The van der Waals surface area contributed by atoms with E-state index in [2.05, 4.69) is 17.0 Å². The van der Waals surface area contributed by atoms with E-state index in [0.29, 0.717) is 35.8 Å². The van der Waals surface area contributed by atoms with Gasteiger partial charge < -0.3 is 0 Å². The van der Waals surface area contributed by atoms with Crippen molar-refractivity contribution in [2.45, 2.75) is 33.4 Å². The van der Waals surface area contributed by atoms with Crippen LogP contribution in [0.15, 0.2) is 53.3 Å². The SMILES string of the molecule is CCc1c(C)nc2n(c1=O)CN(CCc1ccccc1)CN2c1ccc(Cl)cc1Cl. The summed E-state index contributed by atoms with van der Waals surface area (Å²) in [4.78, 5) is 22.2. The minimum atomic E-state index is 0.0134. The van der Waals surface area contributed by atoms with E-state index in [1.807, 2.05) is 43.0 Å². The van der Waals surface area contributed by atoms with Crippen molar-refractivity contribution in [3.05, 3.63) is 85.8 Å². The highest BCUT2D eigenvalue weighted by Crippen LogP contribution is 2.34. The van der Waals surface area contributed by atoms with Crippen molar-refractivity contribution >= 4 is 34.8 Å². The number of rotatable bonds is 5. The summed E-state index contributed by atoms with van der Waals surface area (Å²) in [5, 5.41) is 1.11. The molecule has 3 aromatic rings. The number of hydrogen-bond donors (Lipinski definition) is 0. The largest absolute Gasteiger partial charge is 0.297 e. The minimum Gasteiger partial charge on any atom is -0.297 e. The van der Waals surface area contributed by atoms with Gasteiger partial charge in [0.25, 0.3) is 5.56 Å². The van der Waals surface area contributed by atoms with E-state index in [9.17, 15) is 4.79 Å². The Bertz CT molecular complexity index is 1110. The van der Waals surface area contributed by atoms with Gasteiger partial charge in [-0.15, -0.1) is 0 Å². The van der Waals surface area contributed by atoms with Gasteiger partial charge >= 0.3 is 0 Å². The van der Waals surface area contributed by atoms with Gasteiger partial charge in [0.1, 0.15) is 0 Å². The molecule has 0 N–H and O–H groups in total. The Kier molecular flexibility index (Phi) is 6.14. The third-order valence-corrected chi connectivity index (χ3v) is 6.02. The Morgan fingerprint density at radius 2 is 1.83 bits per heavy atom. The lowest BCUT2D eigenvalue weighted by Gasteiger charge is -2.38. The molecule has 4 rings (SSSR count). The second-order valence-corrected chi connectivity index (χ2v) is 8.34. The van der Waals surface area contributed by atoms with E-state index in [1.54, 1.807) is 16.7 Å². The van der Waals surface area contributed by atoms with Crippen LogP contribution < -0.4 is 10.5 Å². The average Bonchev–Trinajstić information content (AvgIpc) is 2.73. The van der Waals surface area contributed by atoms with Gasteiger partial charge in [-0.1, -0.05) is 60.5 Å². The van der Waals surface area contributed by atoms with Gasteiger partial charge in [0, 0.05) is 22.8 Å². The Labute approximate surface area is 186 Å². The first-order valence-electron chi connectivity index (χ1n) is 10.1. The van der Waals surface area contributed by atoms with E-state index in [-0.39, 0.29) is 5.56 Å². The fourth-order valence-electron chi connectivity index (χ4n) is 3.89. The predicted molar refractivity (Wildman–Crippen MR) is 123 cm³/mol. The average molecular weight is 443 g/mol. The third-order valence-electron chi connectivity index (χ3n) is 5.49. The van der Waals surface area contributed by atoms with E-state index in [4.69, 9.17) is 28.2 Å². The zero-order valence-corrected chi connectivity index (χ0v) is 18.6. The van der Waals surface area contributed by atoms with Crippen molar-refractivity contribution in [1.82, 2.24) is 14.5 Å². The molecule has 0 bridgehead atoms. The van der Waals surface area contributed by atoms with Gasteiger partial charge in [-0.2, -0.15) is 0 Å². The van der Waals surface area contributed by atoms with Gasteiger partial charge in [0.15, 0.2) is 0 Å². The van der Waals surface area contributed by atoms with Crippen molar-refractivity contribution in [2.24, 2.45) is 0 Å². The lowest BCUT2D eigenvalue weighted by Crippen LogP contribution is -2.48. The summed E-state index contributed by atoms with van der Waals surface area (Å²) in [6.07, 6.45) is 1.55. The van der Waals surface area contributed by atoms with Gasteiger partial charge in [0.2, 0.25) is 5.95 Å². The van der Waals surface area contributed by atoms with Gasteiger partial charge in [-0.25, -0.2) is 4.98 Å². The van der Waals surface area contributed by atoms with Crippen LogP contribution in [-0.4, -0.2) is 27.7 Å². The zero-order valence-electron chi connectivity index (χ0n) is 17.1. The highest BCUT2D eigenvalue weighted by molar-refractivity contribution is 6.36. The van der Waals surface area contributed by atoms with Crippen LogP contribution in [0, 0.1) is 6.92 Å². The molecular formula is C23H24Cl2N4O. The number of benzene rings is 2. The molecule has 0 unspecified atom stereocenters. The Morgan fingerprint density at radius 3 is 2.53 bits per heavy atom. The topological polar surface area (TPSA) is 41.4 Å². The zero-order chi connectivity index (χ0) is 21.3. The fraction of sp³-hybridized carbons (Fsp3) is 0.304. The number of halogens is 2. The maximum Gasteiger partial charge on any atom is 0.259 e. The summed E-state index contributed by atoms with van der Waals surface area (Å²) >= 11 is 12.6. The highest BCUT2D eigenvalue weighted by atomic mass is 35.5. The Morgan fingerprint density at radius 1 is 1.07 bits per heavy atom. The molecule has 1 aromatic heterocycles. The summed E-state index contributed by atoms with van der Waals surface area (Å²) in [5.74, 6) is 0.620. The molecule has 0 aliphatic carbocycles. The molecule has 7 heteroatoms. The predicted octanol–water partition coefficient (Wildman–Crippen LogP) is 5.03. The quantitative estimate of drug-likeness (QED) is 0.555. The maximum atomic E-state index is 13.2. The van der Waals surface area contributed by atoms with Crippen molar-refractivity contribution < 1.29 is 0 Å². The van der Waals surface area contributed by atoms with E-state index in [0.717, 1.165) is 29.9 Å². The number of fused-ring (bicyclic) bond motifs is 1. The first-order chi connectivity index (χ1) is 14.5. The second kappa shape index (κ2) is 8.80. The van der Waals surface area contributed by atoms with Crippen LogP contribution in [0.2, 0.25) is 10.0 Å². The number of hydrogen-bond acceptors (Lipinski definition) is 4. The van der Waals surface area contributed by atoms with Crippen LogP contribution >= 0.6 is 23.2 Å². The first-order valence-corrected chi connectivity index (χ1v) is 10.8. The lowest BCUT2D eigenvalue weighted by molar-refractivity contribution is 0.200. The standard InChI is InChI=1S/C23H24Cl2N4O/c1-3-19-16(2)26-23-28(21-10-9-18(24)13-20(21)25)14-27(15-29(23)22(19)30)12-11-17-7-5-4-6-8-17/h4-10,13H,3,11-12,14-15H2,1-2H3. The molecule has 1 aliphatic rings. The summed E-state index contributed by atoms with van der Waals surface area (Å²) in [5.41, 5.74) is 3.59. The molecule has 2 heterocycles. The molecule has 0 fully saturated rings. The molecule has 0 spiro atoms. The van der Waals surface area contributed by atoms with Crippen LogP contribution in [0.3, 0.4) is 0 Å². The van der Waals surface area contributed by atoms with E-state index >= 15 is 0 Å². The fourth-order valence-corrected chi connectivity index (χ4v) is 4.40. The molecule has 2 aromatic carbocycles. The number of aryl methyl sites for hydroxylation is 1. The number of aromatic nitrogens is 2. The molecule has 5 nitrogen and oxygen atoms in total. The molecule has 1 aliphatic heterocycles. The molecular weight excluding hydrogens is 419 g/mol. The molecule has 0 saturated heterocycles. The third kappa shape index (κ3) is 4.10. The van der Waals surface area contributed by atoms with Crippen LogP contribution in [0.1, 0.15) is 23.7 Å². The van der Waals surface area contributed by atoms with Crippen molar-refractivity contribution in [3.63, 3.8) is 0 Å². The number of anilines is 2. The van der Waals surface area contributed by atoms with Crippen LogP contribution in [-0.2, 0) is 19.5 Å². The molecule has 30 heavy (non-hydrogen) atoms. The summed E-state index contributed by atoms with van der Waals surface area (Å²) in [6.45, 7) is 5.79. The molecule has 0 atom stereocenters. The van der Waals surface area contributed by atoms with E-state index in [1.165, 1.54) is 5.56 Å². The highest BCUT2D eigenvalue weighted by Gasteiger charge is 2.28. The van der Waals surface area contributed by atoms with Gasteiger partial charge in [0.05, 0.1) is 24.0 Å². The normalized spacial score (nSPS) is 14.1. The maximum absolute atomic E-state index is 13.2. The monoisotopic (exact) mass is 442 g/mol. The number of nitrogens with zero attached hydrogens (tertiary/aromatic N) is 4. The lowest BCUT2D eigenvalue weighted by atomic mass is 10.1. The first kappa shape index (κ1) is 20.9. The van der Waals surface area contributed by atoms with Crippen LogP contribution in [0.25, 0.3) is 0 Å². The van der Waals surface area contributed by atoms with Crippen molar-refractivity contribution in [2.75, 3.05) is 18.1 Å². The smallest absolute Gasteiger partial charge is 0.259 e. The van der Waals surface area contributed by atoms with Gasteiger partial charge in [-0.05, 0) is 43.5 Å². The summed E-state index contributed by atoms with van der Waals surface area (Å²) in [7, 11) is 0. The van der Waals surface area contributed by atoms with Gasteiger partial charge in [-0.3, -0.25) is 19.2 Å². The minimum absolute atomic E-state index is 0.0134. The second-order valence-electron chi connectivity index (χ2n) is 7.50. The molecule has 0 radical (unpaired) electrons. The van der Waals surface area contributed by atoms with Crippen LogP contribution in [0.4, 0.5) is 11.6 Å². The molecule has 0 amide bonds. The Hall–Kier alpha value is -2.34. The summed E-state index contributed by atoms with van der Waals surface area (Å²) in [6, 6.07) is 15.8.